The van der Waals surface area contributed by atoms with Crippen LogP contribution in [0.4, 0.5) is 0 Å². The van der Waals surface area contributed by atoms with Crippen LogP contribution in [0.15, 0.2) is 0 Å². The van der Waals surface area contributed by atoms with Gasteiger partial charge < -0.3 is 99.8 Å². The van der Waals surface area contributed by atoms with Crippen LogP contribution in [0.1, 0.15) is 13.8 Å². The zero-order valence-electron chi connectivity index (χ0n) is 26.0. The molecule has 1 amide bonds. The summed E-state index contributed by atoms with van der Waals surface area (Å²) in [4.78, 5) is 12.2. The molecule has 4 saturated heterocycles. The minimum absolute atomic E-state index is 0.672. The van der Waals surface area contributed by atoms with Crippen LogP contribution in [0.5, 0.6) is 0 Å². The Labute approximate surface area is 273 Å². The van der Waals surface area contributed by atoms with Crippen molar-refractivity contribution in [1.82, 2.24) is 5.32 Å². The molecular weight excluding hydrogens is 658 g/mol. The summed E-state index contributed by atoms with van der Waals surface area (Å²) < 4.78 is 39.3. The summed E-state index contributed by atoms with van der Waals surface area (Å²) in [7, 11) is 0. The summed E-state index contributed by atoms with van der Waals surface area (Å²) in [6.45, 7) is -0.677. The van der Waals surface area contributed by atoms with Crippen LogP contribution in [0, 0.1) is 0 Å². The summed E-state index contributed by atoms with van der Waals surface area (Å²) in [5.41, 5.74) is 0. The molecule has 280 valence electrons. The maximum absolute atomic E-state index is 12.2. The van der Waals surface area contributed by atoms with Gasteiger partial charge in [-0.2, -0.15) is 0 Å². The molecule has 0 radical (unpaired) electrons. The number of carbonyl (C=O) groups excluding carboxylic acids is 1. The molecule has 0 bridgehead atoms. The van der Waals surface area contributed by atoms with Gasteiger partial charge in [-0.05, 0) is 6.92 Å². The van der Waals surface area contributed by atoms with Crippen molar-refractivity contribution in [3.63, 3.8) is 0 Å². The minimum Gasteiger partial charge on any atom is -0.394 e. The van der Waals surface area contributed by atoms with Gasteiger partial charge in [-0.25, -0.2) is 0 Å². The van der Waals surface area contributed by atoms with Crippen molar-refractivity contribution < 1.29 is 99.2 Å². The van der Waals surface area contributed by atoms with Gasteiger partial charge in [-0.15, -0.1) is 0 Å². The Hall–Kier alpha value is -1.29. The predicted octanol–water partition coefficient (Wildman–Crippen LogP) is -8.53. The largest absolute Gasteiger partial charge is 0.394 e. The molecule has 4 fully saturated rings. The van der Waals surface area contributed by atoms with Gasteiger partial charge in [0.1, 0.15) is 97.6 Å². The lowest BCUT2D eigenvalue weighted by Crippen LogP contribution is -2.69. The molecule has 0 spiro atoms. The monoisotopic (exact) mass is 705 g/mol. The first-order valence-corrected chi connectivity index (χ1v) is 15.4. The van der Waals surface area contributed by atoms with Crippen LogP contribution in [-0.4, -0.2) is 216 Å². The molecule has 4 aliphatic rings. The van der Waals surface area contributed by atoms with Crippen molar-refractivity contribution in [3.05, 3.63) is 0 Å². The zero-order chi connectivity index (χ0) is 35.6. The van der Waals surface area contributed by atoms with Crippen molar-refractivity contribution >= 4 is 5.91 Å². The molecule has 0 aromatic rings. The van der Waals surface area contributed by atoms with E-state index >= 15 is 0 Å². The van der Waals surface area contributed by atoms with E-state index in [9.17, 15) is 66.1 Å². The van der Waals surface area contributed by atoms with Crippen molar-refractivity contribution in [1.29, 1.82) is 0 Å². The molecule has 9 unspecified atom stereocenters. The molecule has 21 nitrogen and oxygen atoms in total. The lowest BCUT2D eigenvalue weighted by molar-refractivity contribution is -0.376. The van der Waals surface area contributed by atoms with E-state index in [1.54, 1.807) is 0 Å². The third kappa shape index (κ3) is 8.10. The highest BCUT2D eigenvalue weighted by Crippen LogP contribution is 2.34. The van der Waals surface area contributed by atoms with Gasteiger partial charge >= 0.3 is 0 Å². The molecule has 0 aliphatic carbocycles. The third-order valence-corrected chi connectivity index (χ3v) is 8.87. The van der Waals surface area contributed by atoms with E-state index in [2.05, 4.69) is 5.32 Å². The van der Waals surface area contributed by atoms with Gasteiger partial charge in [-0.3, -0.25) is 4.79 Å². The second-order valence-corrected chi connectivity index (χ2v) is 12.2. The minimum atomic E-state index is -1.96. The number of aliphatic hydroxyl groups excluding tert-OH is 12. The Kier molecular flexibility index (Phi) is 13.8. The highest BCUT2D eigenvalue weighted by Gasteiger charge is 2.55. The number of ether oxygens (including phenoxy) is 7. The summed E-state index contributed by atoms with van der Waals surface area (Å²) >= 11 is 0. The summed E-state index contributed by atoms with van der Waals surface area (Å²) in [5, 5.41) is 127. The van der Waals surface area contributed by atoms with Crippen molar-refractivity contribution in [2.75, 3.05) is 26.4 Å². The molecule has 0 aromatic carbocycles. The topological polar surface area (TPSA) is 336 Å². The Morgan fingerprint density at radius 2 is 0.979 bits per heavy atom. The van der Waals surface area contributed by atoms with Crippen LogP contribution in [0.25, 0.3) is 0 Å². The van der Waals surface area contributed by atoms with Gasteiger partial charge in [0.15, 0.2) is 18.9 Å². The lowest BCUT2D eigenvalue weighted by Gasteiger charge is -2.50. The third-order valence-electron chi connectivity index (χ3n) is 8.87. The van der Waals surface area contributed by atoms with Crippen LogP contribution in [0.2, 0.25) is 0 Å². The van der Waals surface area contributed by atoms with Gasteiger partial charge in [0.25, 0.3) is 0 Å². The van der Waals surface area contributed by atoms with E-state index < -0.39 is 155 Å². The van der Waals surface area contributed by atoms with Crippen LogP contribution >= 0.6 is 0 Å². The fourth-order valence-electron chi connectivity index (χ4n) is 6.15. The van der Waals surface area contributed by atoms with Crippen LogP contribution in [-0.2, 0) is 38.0 Å². The summed E-state index contributed by atoms with van der Waals surface area (Å²) in [5.74, 6) is -0.734. The molecule has 48 heavy (non-hydrogen) atoms. The Bertz CT molecular complexity index is 1030. The highest BCUT2D eigenvalue weighted by atomic mass is 16.8. The van der Waals surface area contributed by atoms with Crippen molar-refractivity contribution in [2.24, 2.45) is 0 Å². The molecule has 20 atom stereocenters. The Morgan fingerprint density at radius 3 is 1.52 bits per heavy atom. The maximum atomic E-state index is 12.2. The quantitative estimate of drug-likeness (QED) is 0.0949. The normalized spacial score (nSPS) is 50.2. The predicted molar refractivity (Wildman–Crippen MR) is 149 cm³/mol. The first kappa shape index (κ1) is 39.5. The number of hydrogen-bond acceptors (Lipinski definition) is 20. The fourth-order valence-corrected chi connectivity index (χ4v) is 6.15. The number of rotatable bonds is 11. The van der Waals surface area contributed by atoms with E-state index in [4.69, 9.17) is 33.2 Å². The van der Waals surface area contributed by atoms with E-state index in [-0.39, 0.29) is 0 Å². The second kappa shape index (κ2) is 16.8. The van der Waals surface area contributed by atoms with E-state index in [1.807, 2.05) is 0 Å². The average Bonchev–Trinajstić information content (AvgIpc) is 3.06. The Balaban J connectivity index is 1.56. The number of aliphatic hydroxyl groups is 12. The number of carbonyl (C=O) groups is 1. The fraction of sp³-hybridized carbons (Fsp3) is 0.963. The van der Waals surface area contributed by atoms with Gasteiger partial charge in [0, 0.05) is 6.92 Å². The van der Waals surface area contributed by atoms with E-state index in [0.717, 1.165) is 6.92 Å². The molecule has 4 rings (SSSR count). The first-order chi connectivity index (χ1) is 22.7. The van der Waals surface area contributed by atoms with Gasteiger partial charge in [-0.1, -0.05) is 0 Å². The van der Waals surface area contributed by atoms with E-state index in [0.29, 0.717) is 0 Å². The molecule has 4 heterocycles. The summed E-state index contributed by atoms with van der Waals surface area (Å²) in [6, 6.07) is -1.58. The molecule has 4 aliphatic heterocycles. The smallest absolute Gasteiger partial charge is 0.217 e. The van der Waals surface area contributed by atoms with Crippen LogP contribution in [0.3, 0.4) is 0 Å². The lowest BCUT2D eigenvalue weighted by atomic mass is 9.94. The summed E-state index contributed by atoms with van der Waals surface area (Å²) in [6.07, 6.45) is -30.9. The SMILES string of the molecule is CC(=O)N[C@H]1C(O)[C@H](O[C@@H]2OC(CO)[C@H](O)C(O)[C@@H]2O)C(CO)O[C@H]1OC1[C@@H](O)C(CO)O[C@@H](O[C@@H]2C(CO)OC(C)[C@@H](O)C2O)[C@H]1O. The second-order valence-electron chi connectivity index (χ2n) is 12.2. The van der Waals surface area contributed by atoms with Crippen LogP contribution < -0.4 is 5.32 Å². The molecule has 13 N–H and O–H groups in total. The molecule has 0 aromatic heterocycles. The van der Waals surface area contributed by atoms with Crippen molar-refractivity contribution in [3.8, 4) is 0 Å². The standard InChI is InChI=1S/C27H47NO20/c1-7-14(34)19(39)23(11(5-31)42-7)47-27-21(41)24(16(36)10(4-30)44-27)48-25-13(28-8(2)33)17(37)22(12(6-32)45-25)46-26-20(40)18(38)15(35)9(3-29)43-26/h7,9-27,29-32,34-41H,3-6H2,1-2H3,(H,28,33)/t7?,9?,10?,11?,12?,13-,14+,15-,16-,17?,18?,19?,20-,21-,22+,23+,24?,25-,26-,27-/m0/s1. The molecule has 0 saturated carbocycles. The number of hydrogen-bond donors (Lipinski definition) is 13. The van der Waals surface area contributed by atoms with E-state index in [1.165, 1.54) is 6.92 Å². The number of amides is 1. The van der Waals surface area contributed by atoms with Gasteiger partial charge in [0.2, 0.25) is 5.91 Å². The number of nitrogens with one attached hydrogen (secondary N) is 1. The van der Waals surface area contributed by atoms with Crippen molar-refractivity contribution in [2.45, 2.75) is 136 Å². The Morgan fingerprint density at radius 1 is 0.521 bits per heavy atom. The zero-order valence-corrected chi connectivity index (χ0v) is 26.0. The van der Waals surface area contributed by atoms with Gasteiger partial charge in [0.05, 0.1) is 32.5 Å². The average molecular weight is 706 g/mol. The highest BCUT2D eigenvalue weighted by molar-refractivity contribution is 5.73. The maximum Gasteiger partial charge on any atom is 0.217 e. The molecular formula is C27H47NO20. The first-order valence-electron chi connectivity index (χ1n) is 15.4. The molecule has 21 heteroatoms.